The Labute approximate surface area is 587 Å². The number of nitrogens with zero attached hydrogens (tertiary/aromatic N) is 10. The molecule has 0 saturated carbocycles. The lowest BCUT2D eigenvalue weighted by molar-refractivity contribution is -0.385. The van der Waals surface area contributed by atoms with E-state index in [2.05, 4.69) is 31.0 Å². The largest absolute Gasteiger partial charge is 0.435 e. The standard InChI is InChI=1S/C18H13F4N3O.C18H15F4N3.C11H8F3N3O2.C11H10F3N3.C7H8N2O2.C5H8O2/c1-11-10-16(18(20,21)22)24-25(11)13-8-6-12(7-9-13)23-17(26)14-4-2-3-5-15(14)19;1-12-10-17(18(20,21)22)24-25(12)15-8-6-14(7-9-15)23-11-13-4-2-3-5-16(13)19;1-7-6-10(11(12,13)14)15-16(7)8-2-4-9(5-3-8)17(18)19;1-7-6-10(11(12,13)14)16-17(7)9-4-2-8(15)3-5-9;8-5-6-1-3-7(4-2-6)9(10)11;1-4(6)3-5(2)7/h2-10H,1H3,(H,23,26);2-10,23H,11H2,1H3;2-6H,1H3;2-6H,15H2,1H3;1-4H,5,8H2;3H2,1-2H3. The summed E-state index contributed by atoms with van der Waals surface area (Å²) in [5.41, 5.74) is 13.2. The van der Waals surface area contributed by atoms with Crippen LogP contribution in [0.3, 0.4) is 0 Å². The molecule has 0 unspecified atom stereocenters. The average molecular weight is 1480 g/mol. The summed E-state index contributed by atoms with van der Waals surface area (Å²) in [6.45, 7) is 9.65. The Kier molecular flexibility index (Phi) is 27.5. The van der Waals surface area contributed by atoms with Gasteiger partial charge in [-0.05, 0) is 174 Å². The minimum Gasteiger partial charge on any atom is -0.399 e. The SMILES string of the molecule is CC(=O)CC(C)=O.Cc1cc(C(F)(F)F)nn1-c1ccc(N)cc1.Cc1cc(C(F)(F)F)nn1-c1ccc(NC(=O)c2ccccc2F)cc1.Cc1cc(C(F)(F)F)nn1-c1ccc(NCc2ccccc2F)cc1.Cc1cc(C(F)(F)F)nn1-c1ccc([N+](=O)[O-])cc1.NCc1ccc([N+](=O)[O-])cc1. The summed E-state index contributed by atoms with van der Waals surface area (Å²) in [5, 5.41) is 40.4. The lowest BCUT2D eigenvalue weighted by Crippen LogP contribution is -2.13. The van der Waals surface area contributed by atoms with Crippen LogP contribution >= 0.6 is 0 Å². The van der Waals surface area contributed by atoms with Crippen LogP contribution in [0.1, 0.15) is 87.3 Å². The van der Waals surface area contributed by atoms with Gasteiger partial charge in [-0.15, -0.1) is 0 Å². The zero-order valence-electron chi connectivity index (χ0n) is 55.9. The Morgan fingerprint density at radius 3 is 1.07 bits per heavy atom. The zero-order valence-corrected chi connectivity index (χ0v) is 55.9. The lowest BCUT2D eigenvalue weighted by Gasteiger charge is -2.09. The van der Waals surface area contributed by atoms with Gasteiger partial charge in [-0.25, -0.2) is 27.5 Å². The molecular weight excluding hydrogens is 1410 g/mol. The molecule has 0 bridgehead atoms. The van der Waals surface area contributed by atoms with Crippen LogP contribution in [0.15, 0.2) is 194 Å². The van der Waals surface area contributed by atoms with Crippen molar-refractivity contribution in [3.05, 3.63) is 288 Å². The van der Waals surface area contributed by atoms with Crippen LogP contribution in [0.25, 0.3) is 22.7 Å². The third kappa shape index (κ3) is 24.1. The van der Waals surface area contributed by atoms with Gasteiger partial charge in [0.15, 0.2) is 22.8 Å². The molecule has 0 saturated heterocycles. The molecule has 4 aromatic heterocycles. The number of aryl methyl sites for hydroxylation is 4. The minimum absolute atomic E-state index is 0.0625. The highest BCUT2D eigenvalue weighted by Gasteiger charge is 2.37. The van der Waals surface area contributed by atoms with Crippen molar-refractivity contribution in [2.24, 2.45) is 5.73 Å². The van der Waals surface area contributed by atoms with Gasteiger partial charge in [0.05, 0.1) is 44.6 Å². The number of anilines is 3. The predicted molar refractivity (Wildman–Crippen MR) is 359 cm³/mol. The quantitative estimate of drug-likeness (QED) is 0.0259. The van der Waals surface area contributed by atoms with Gasteiger partial charge in [0, 0.05) is 82.8 Å². The highest BCUT2D eigenvalue weighted by molar-refractivity contribution is 6.04. The number of Topliss-reactive ketones (excluding diaryl/α,β-unsaturated/α-hetero) is 2. The van der Waals surface area contributed by atoms with Crippen LogP contribution in [0.5, 0.6) is 0 Å². The number of carbonyl (C=O) groups is 3. The van der Waals surface area contributed by atoms with Gasteiger partial charge in [0.1, 0.15) is 23.2 Å². The Balaban J connectivity index is 0.000000205. The van der Waals surface area contributed by atoms with Gasteiger partial charge >= 0.3 is 24.7 Å². The first kappa shape index (κ1) is 81.5. The molecule has 0 fully saturated rings. The fourth-order valence-electron chi connectivity index (χ4n) is 9.02. The molecular formula is C70H62F14N14O7. The number of hydrogen-bond acceptors (Lipinski definition) is 14. The summed E-state index contributed by atoms with van der Waals surface area (Å²) in [6, 6.07) is 46.4. The number of nitro groups is 2. The van der Waals surface area contributed by atoms with Gasteiger partial charge in [-0.1, -0.05) is 42.5 Å². The number of amides is 1. The molecule has 0 radical (unpaired) electrons. The van der Waals surface area contributed by atoms with E-state index in [9.17, 15) is 96.1 Å². The number of nitrogen functional groups attached to an aromatic ring is 1. The number of nitro benzene ring substituents is 2. The second-order valence-corrected chi connectivity index (χ2v) is 22.4. The van der Waals surface area contributed by atoms with E-state index < -0.39 is 69.1 Å². The van der Waals surface area contributed by atoms with E-state index in [1.165, 1.54) is 122 Å². The van der Waals surface area contributed by atoms with Crippen molar-refractivity contribution in [1.82, 2.24) is 39.1 Å². The van der Waals surface area contributed by atoms with Gasteiger partial charge in [-0.2, -0.15) is 73.1 Å². The summed E-state index contributed by atoms with van der Waals surface area (Å²) in [7, 11) is 0. The second-order valence-electron chi connectivity index (χ2n) is 22.4. The van der Waals surface area contributed by atoms with Crippen LogP contribution in [0.2, 0.25) is 0 Å². The molecule has 105 heavy (non-hydrogen) atoms. The fourth-order valence-corrected chi connectivity index (χ4v) is 9.02. The summed E-state index contributed by atoms with van der Waals surface area (Å²) >= 11 is 0. The molecule has 0 atom stereocenters. The highest BCUT2D eigenvalue weighted by Crippen LogP contribution is 2.34. The number of halogens is 14. The first-order chi connectivity index (χ1) is 49.1. The molecule has 552 valence electrons. The number of carbonyl (C=O) groups excluding carboxylic acids is 3. The second kappa shape index (κ2) is 35.4. The number of alkyl halides is 12. The van der Waals surface area contributed by atoms with Crippen molar-refractivity contribution in [1.29, 1.82) is 0 Å². The number of hydrogen-bond donors (Lipinski definition) is 4. The van der Waals surface area contributed by atoms with E-state index in [-0.39, 0.29) is 40.7 Å². The maximum absolute atomic E-state index is 13.6. The maximum Gasteiger partial charge on any atom is 0.435 e. The Bertz CT molecular complexity index is 4750. The molecule has 0 aliphatic rings. The predicted octanol–water partition coefficient (Wildman–Crippen LogP) is 17.0. The number of aromatic nitrogens is 8. The van der Waals surface area contributed by atoms with E-state index in [0.29, 0.717) is 75.6 Å². The summed E-state index contributed by atoms with van der Waals surface area (Å²) in [6.07, 6.45) is -17.9. The van der Waals surface area contributed by atoms with E-state index in [1.54, 1.807) is 98.8 Å². The molecule has 0 aliphatic heterocycles. The van der Waals surface area contributed by atoms with Crippen LogP contribution in [0, 0.1) is 59.6 Å². The highest BCUT2D eigenvalue weighted by atomic mass is 19.4. The van der Waals surface area contributed by atoms with E-state index in [1.807, 2.05) is 0 Å². The van der Waals surface area contributed by atoms with Crippen LogP contribution in [0.4, 0.5) is 89.9 Å². The summed E-state index contributed by atoms with van der Waals surface area (Å²) < 4.78 is 183. The molecule has 1 amide bonds. The molecule has 0 aliphatic carbocycles. The third-order valence-corrected chi connectivity index (χ3v) is 14.1. The first-order valence-electron chi connectivity index (χ1n) is 30.5. The zero-order chi connectivity index (χ0) is 77.9. The van der Waals surface area contributed by atoms with Crippen molar-refractivity contribution in [2.45, 2.75) is 85.8 Å². The molecule has 0 spiro atoms. The molecule has 6 N–H and O–H groups in total. The molecule has 4 heterocycles. The van der Waals surface area contributed by atoms with Crippen LogP contribution in [-0.2, 0) is 47.4 Å². The smallest absolute Gasteiger partial charge is 0.399 e. The fraction of sp³-hybridized carbons (Fsp3) is 0.186. The topological polar surface area (TPSA) is 285 Å². The average Bonchev–Trinajstić information content (AvgIpc) is 1.68. The number of nitrogens with one attached hydrogen (secondary N) is 2. The summed E-state index contributed by atoms with van der Waals surface area (Å²) in [5.74, 6) is -1.68. The first-order valence-corrected chi connectivity index (χ1v) is 30.5. The number of nitrogens with two attached hydrogens (primary N) is 2. The van der Waals surface area contributed by atoms with Crippen LogP contribution < -0.4 is 22.1 Å². The van der Waals surface area contributed by atoms with Gasteiger partial charge in [0.25, 0.3) is 17.3 Å². The van der Waals surface area contributed by atoms with E-state index in [0.717, 1.165) is 44.9 Å². The number of ketones is 2. The van der Waals surface area contributed by atoms with Crippen LogP contribution in [-0.4, -0.2) is 66.4 Å². The lowest BCUT2D eigenvalue weighted by atomic mass is 10.2. The van der Waals surface area contributed by atoms with Crippen molar-refractivity contribution in [3.63, 3.8) is 0 Å². The van der Waals surface area contributed by atoms with Crippen molar-refractivity contribution < 1.29 is 85.7 Å². The summed E-state index contributed by atoms with van der Waals surface area (Å²) in [4.78, 5) is 51.8. The number of rotatable bonds is 14. The van der Waals surface area contributed by atoms with Gasteiger partial charge < -0.3 is 22.1 Å². The minimum atomic E-state index is -4.52. The molecule has 21 nitrogen and oxygen atoms in total. The van der Waals surface area contributed by atoms with Gasteiger partial charge in [0.2, 0.25) is 0 Å². The van der Waals surface area contributed by atoms with Crippen molar-refractivity contribution in [3.8, 4) is 22.7 Å². The number of benzene rings is 7. The Morgan fingerprint density at radius 2 is 0.762 bits per heavy atom. The molecule has 11 rings (SSSR count). The maximum atomic E-state index is 13.6. The normalized spacial score (nSPS) is 11.1. The molecule has 35 heteroatoms. The Hall–Kier alpha value is -12.4. The number of non-ortho nitro benzene ring substituents is 2. The van der Waals surface area contributed by atoms with Gasteiger partial charge in [-0.3, -0.25) is 34.6 Å². The Morgan fingerprint density at radius 1 is 0.448 bits per heavy atom. The van der Waals surface area contributed by atoms with Crippen molar-refractivity contribution in [2.75, 3.05) is 16.4 Å². The van der Waals surface area contributed by atoms with E-state index >= 15 is 0 Å². The molecule has 7 aromatic carbocycles. The van der Waals surface area contributed by atoms with Crippen molar-refractivity contribution >= 4 is 45.9 Å². The monoisotopic (exact) mass is 1480 g/mol. The third-order valence-electron chi connectivity index (χ3n) is 14.1. The molecule has 11 aromatic rings. The van der Waals surface area contributed by atoms with E-state index in [4.69, 9.17) is 11.5 Å².